The maximum absolute atomic E-state index is 10.7. The van der Waals surface area contributed by atoms with Crippen LogP contribution in [-0.2, 0) is 0 Å². The van der Waals surface area contributed by atoms with E-state index in [1.165, 1.54) is 12.1 Å². The monoisotopic (exact) mass is 234 g/mol. The lowest BCUT2D eigenvalue weighted by atomic mass is 10.1. The van der Waals surface area contributed by atoms with Gasteiger partial charge in [-0.3, -0.25) is 10.1 Å². The van der Waals surface area contributed by atoms with E-state index in [0.29, 0.717) is 11.4 Å². The molecule has 0 spiro atoms. The van der Waals surface area contributed by atoms with E-state index in [1.807, 2.05) is 6.92 Å². The second-order valence-electron chi connectivity index (χ2n) is 3.43. The number of aromatic nitrogens is 2. The third-order valence-electron chi connectivity index (χ3n) is 2.31. The Morgan fingerprint density at radius 3 is 2.82 bits per heavy atom. The molecule has 0 bridgehead atoms. The molecule has 0 saturated carbocycles. The third kappa shape index (κ3) is 2.07. The summed E-state index contributed by atoms with van der Waals surface area (Å²) < 4.78 is 4.88. The zero-order valence-electron chi connectivity index (χ0n) is 9.30. The average molecular weight is 234 g/mol. The van der Waals surface area contributed by atoms with Crippen LogP contribution in [0, 0.1) is 17.0 Å². The Balaban J connectivity index is 2.49. The van der Waals surface area contributed by atoms with Crippen LogP contribution in [-0.4, -0.2) is 22.1 Å². The lowest BCUT2D eigenvalue weighted by Gasteiger charge is -1.99. The molecule has 0 radical (unpaired) electrons. The number of anilines is 1. The van der Waals surface area contributed by atoms with Crippen LogP contribution in [0.3, 0.4) is 0 Å². The Morgan fingerprint density at radius 2 is 2.24 bits per heavy atom. The fourth-order valence-electron chi connectivity index (χ4n) is 1.40. The van der Waals surface area contributed by atoms with Gasteiger partial charge in [0.2, 0.25) is 5.82 Å². The SMILES string of the molecule is CNc1nc(-c2cc([N+](=O)[O-])ccc2C)no1. The topological polar surface area (TPSA) is 94.1 Å². The molecular weight excluding hydrogens is 224 g/mol. The summed E-state index contributed by atoms with van der Waals surface area (Å²) >= 11 is 0. The van der Waals surface area contributed by atoms with Gasteiger partial charge in [-0.25, -0.2) is 0 Å². The summed E-state index contributed by atoms with van der Waals surface area (Å²) in [5.41, 5.74) is 1.44. The number of hydrogen-bond donors (Lipinski definition) is 1. The van der Waals surface area contributed by atoms with Crippen LogP contribution in [0.2, 0.25) is 0 Å². The van der Waals surface area contributed by atoms with Crippen LogP contribution in [0.1, 0.15) is 5.56 Å². The first-order chi connectivity index (χ1) is 8.11. The molecule has 2 aromatic rings. The lowest BCUT2D eigenvalue weighted by Crippen LogP contribution is -1.92. The van der Waals surface area contributed by atoms with Gasteiger partial charge < -0.3 is 9.84 Å². The van der Waals surface area contributed by atoms with Crippen molar-refractivity contribution in [1.82, 2.24) is 10.1 Å². The highest BCUT2D eigenvalue weighted by Gasteiger charge is 2.14. The number of non-ortho nitro benzene ring substituents is 1. The van der Waals surface area contributed by atoms with Crippen molar-refractivity contribution in [2.45, 2.75) is 6.92 Å². The molecule has 7 nitrogen and oxygen atoms in total. The summed E-state index contributed by atoms with van der Waals surface area (Å²) in [6, 6.07) is 4.80. The molecule has 0 aliphatic heterocycles. The normalized spacial score (nSPS) is 10.2. The van der Waals surface area contributed by atoms with Crippen LogP contribution in [0.15, 0.2) is 22.7 Å². The van der Waals surface area contributed by atoms with E-state index >= 15 is 0 Å². The van der Waals surface area contributed by atoms with Crippen molar-refractivity contribution in [3.05, 3.63) is 33.9 Å². The molecule has 0 amide bonds. The molecule has 0 aliphatic carbocycles. The molecule has 1 N–H and O–H groups in total. The predicted octanol–water partition coefficient (Wildman–Crippen LogP) is 1.99. The predicted molar refractivity (Wildman–Crippen MR) is 60.7 cm³/mol. The average Bonchev–Trinajstić information content (AvgIpc) is 2.77. The van der Waals surface area contributed by atoms with Crippen molar-refractivity contribution in [1.29, 1.82) is 0 Å². The van der Waals surface area contributed by atoms with Gasteiger partial charge in [-0.05, 0) is 12.5 Å². The molecule has 0 saturated heterocycles. The molecule has 0 atom stereocenters. The van der Waals surface area contributed by atoms with Crippen molar-refractivity contribution in [3.8, 4) is 11.4 Å². The highest BCUT2D eigenvalue weighted by atomic mass is 16.6. The van der Waals surface area contributed by atoms with Crippen molar-refractivity contribution in [2.75, 3.05) is 12.4 Å². The van der Waals surface area contributed by atoms with Gasteiger partial charge in [-0.15, -0.1) is 0 Å². The molecule has 0 unspecified atom stereocenters. The Morgan fingerprint density at radius 1 is 1.47 bits per heavy atom. The minimum Gasteiger partial charge on any atom is -0.341 e. The minimum atomic E-state index is -0.456. The zero-order valence-corrected chi connectivity index (χ0v) is 9.30. The summed E-state index contributed by atoms with van der Waals surface area (Å²) in [5.74, 6) is 0.329. The quantitative estimate of drug-likeness (QED) is 0.644. The van der Waals surface area contributed by atoms with E-state index in [0.717, 1.165) is 5.56 Å². The van der Waals surface area contributed by atoms with Crippen LogP contribution >= 0.6 is 0 Å². The van der Waals surface area contributed by atoms with Crippen LogP contribution < -0.4 is 5.32 Å². The third-order valence-corrected chi connectivity index (χ3v) is 2.31. The molecule has 1 aromatic heterocycles. The van der Waals surface area contributed by atoms with E-state index in [9.17, 15) is 10.1 Å². The highest BCUT2D eigenvalue weighted by molar-refractivity contribution is 5.63. The second kappa shape index (κ2) is 4.20. The fourth-order valence-corrected chi connectivity index (χ4v) is 1.40. The van der Waals surface area contributed by atoms with Gasteiger partial charge in [-0.2, -0.15) is 4.98 Å². The van der Waals surface area contributed by atoms with Crippen molar-refractivity contribution in [2.24, 2.45) is 0 Å². The maximum atomic E-state index is 10.7. The van der Waals surface area contributed by atoms with Gasteiger partial charge in [0.25, 0.3) is 5.69 Å². The smallest absolute Gasteiger partial charge is 0.321 e. The number of nitro groups is 1. The van der Waals surface area contributed by atoms with Gasteiger partial charge in [0.05, 0.1) is 4.92 Å². The molecule has 0 fully saturated rings. The van der Waals surface area contributed by atoms with E-state index < -0.39 is 4.92 Å². The van der Waals surface area contributed by atoms with Crippen LogP contribution in [0.25, 0.3) is 11.4 Å². The first-order valence-electron chi connectivity index (χ1n) is 4.88. The minimum absolute atomic E-state index is 0.00130. The van der Waals surface area contributed by atoms with Crippen molar-refractivity contribution in [3.63, 3.8) is 0 Å². The van der Waals surface area contributed by atoms with Crippen LogP contribution in [0.5, 0.6) is 0 Å². The van der Waals surface area contributed by atoms with Crippen molar-refractivity contribution < 1.29 is 9.45 Å². The molecular formula is C10H10N4O3. The molecule has 0 aliphatic rings. The number of rotatable bonds is 3. The zero-order chi connectivity index (χ0) is 12.4. The van der Waals surface area contributed by atoms with E-state index in [1.54, 1.807) is 13.1 Å². The first-order valence-corrected chi connectivity index (χ1v) is 4.88. The van der Waals surface area contributed by atoms with Gasteiger partial charge >= 0.3 is 6.01 Å². The summed E-state index contributed by atoms with van der Waals surface area (Å²) in [7, 11) is 1.65. The lowest BCUT2D eigenvalue weighted by molar-refractivity contribution is -0.384. The highest BCUT2D eigenvalue weighted by Crippen LogP contribution is 2.25. The van der Waals surface area contributed by atoms with Crippen molar-refractivity contribution >= 4 is 11.7 Å². The summed E-state index contributed by atoms with van der Waals surface area (Å²) in [6.45, 7) is 1.83. The fraction of sp³-hybridized carbons (Fsp3) is 0.200. The van der Waals surface area contributed by atoms with Gasteiger partial charge in [0.1, 0.15) is 0 Å². The molecule has 17 heavy (non-hydrogen) atoms. The summed E-state index contributed by atoms with van der Waals surface area (Å²) in [4.78, 5) is 14.3. The number of aryl methyl sites for hydroxylation is 1. The summed E-state index contributed by atoms with van der Waals surface area (Å²) in [6.07, 6.45) is 0. The second-order valence-corrected chi connectivity index (χ2v) is 3.43. The molecule has 1 aromatic carbocycles. The van der Waals surface area contributed by atoms with E-state index in [2.05, 4.69) is 15.5 Å². The standard InChI is InChI=1S/C10H10N4O3/c1-6-3-4-7(14(15)16)5-8(6)9-12-10(11-2)17-13-9/h3-5H,1-2H3,(H,11,12,13). The summed E-state index contributed by atoms with van der Waals surface area (Å²) in [5, 5.41) is 17.1. The molecule has 88 valence electrons. The largest absolute Gasteiger partial charge is 0.341 e. The van der Waals surface area contributed by atoms with Gasteiger partial charge in [-0.1, -0.05) is 11.2 Å². The van der Waals surface area contributed by atoms with Gasteiger partial charge in [0.15, 0.2) is 0 Å². The first kappa shape index (κ1) is 11.1. The number of hydrogen-bond acceptors (Lipinski definition) is 6. The molecule has 2 rings (SSSR count). The Hall–Kier alpha value is -2.44. The van der Waals surface area contributed by atoms with Gasteiger partial charge in [0, 0.05) is 24.7 Å². The Bertz CT molecular complexity index is 564. The molecule has 7 heteroatoms. The van der Waals surface area contributed by atoms with Crippen LogP contribution in [0.4, 0.5) is 11.7 Å². The van der Waals surface area contributed by atoms with E-state index in [4.69, 9.17) is 4.52 Å². The number of nitrogens with one attached hydrogen (secondary N) is 1. The Kier molecular flexibility index (Phi) is 2.73. The number of nitro benzene ring substituents is 1. The number of benzene rings is 1. The molecule has 1 heterocycles. The number of nitrogens with zero attached hydrogens (tertiary/aromatic N) is 3. The maximum Gasteiger partial charge on any atom is 0.321 e. The Labute approximate surface area is 96.6 Å². The van der Waals surface area contributed by atoms with E-state index in [-0.39, 0.29) is 11.7 Å².